The SMILES string of the molecule is COc1cc(CC(O)c2cnc(C)s2)ncn1. The van der Waals surface area contributed by atoms with Crippen molar-refractivity contribution in [2.45, 2.75) is 19.4 Å². The molecule has 0 saturated heterocycles. The van der Waals surface area contributed by atoms with E-state index in [1.165, 1.54) is 17.7 Å². The largest absolute Gasteiger partial charge is 0.481 e. The van der Waals surface area contributed by atoms with E-state index in [0.29, 0.717) is 12.3 Å². The molecule has 0 fully saturated rings. The number of rotatable bonds is 4. The van der Waals surface area contributed by atoms with Crippen molar-refractivity contribution in [2.24, 2.45) is 0 Å². The van der Waals surface area contributed by atoms with Crippen LogP contribution in [0.3, 0.4) is 0 Å². The van der Waals surface area contributed by atoms with Crippen molar-refractivity contribution in [3.8, 4) is 5.88 Å². The first-order valence-corrected chi connectivity index (χ1v) is 5.96. The van der Waals surface area contributed by atoms with Gasteiger partial charge in [-0.3, -0.25) is 0 Å². The Bertz CT molecular complexity index is 501. The fourth-order valence-electron chi connectivity index (χ4n) is 1.43. The summed E-state index contributed by atoms with van der Waals surface area (Å²) in [6.07, 6.45) is 2.98. The summed E-state index contributed by atoms with van der Waals surface area (Å²) >= 11 is 1.49. The number of methoxy groups -OCH3 is 1. The minimum Gasteiger partial charge on any atom is -0.481 e. The van der Waals surface area contributed by atoms with Crippen LogP contribution in [0.5, 0.6) is 5.88 Å². The van der Waals surface area contributed by atoms with Crippen LogP contribution in [0.4, 0.5) is 0 Å². The van der Waals surface area contributed by atoms with Gasteiger partial charge in [-0.2, -0.15) is 0 Å². The van der Waals surface area contributed by atoms with Crippen LogP contribution in [0.1, 0.15) is 21.7 Å². The molecule has 0 spiro atoms. The Labute approximate surface area is 103 Å². The molecular formula is C11H13N3O2S. The molecule has 90 valence electrons. The Hall–Kier alpha value is -1.53. The molecule has 1 atom stereocenters. The summed E-state index contributed by atoms with van der Waals surface area (Å²) in [5, 5.41) is 11.0. The van der Waals surface area contributed by atoms with Crippen LogP contribution in [-0.4, -0.2) is 27.2 Å². The lowest BCUT2D eigenvalue weighted by Crippen LogP contribution is -2.02. The minimum atomic E-state index is -0.583. The molecule has 2 heterocycles. The highest BCUT2D eigenvalue weighted by atomic mass is 32.1. The molecule has 5 nitrogen and oxygen atoms in total. The Morgan fingerprint density at radius 2 is 2.24 bits per heavy atom. The zero-order valence-corrected chi connectivity index (χ0v) is 10.4. The first-order chi connectivity index (χ1) is 8.19. The molecule has 0 radical (unpaired) electrons. The van der Waals surface area contributed by atoms with Gasteiger partial charge in [0, 0.05) is 18.7 Å². The lowest BCUT2D eigenvalue weighted by atomic mass is 10.2. The molecule has 2 aromatic heterocycles. The average Bonchev–Trinajstić information content (AvgIpc) is 2.76. The monoisotopic (exact) mass is 251 g/mol. The number of aliphatic hydroxyl groups excluding tert-OH is 1. The third-order valence-electron chi connectivity index (χ3n) is 2.28. The Kier molecular flexibility index (Phi) is 3.65. The van der Waals surface area contributed by atoms with Crippen LogP contribution in [0.15, 0.2) is 18.6 Å². The Balaban J connectivity index is 2.09. The van der Waals surface area contributed by atoms with Crippen LogP contribution in [0.25, 0.3) is 0 Å². The van der Waals surface area contributed by atoms with E-state index in [-0.39, 0.29) is 0 Å². The van der Waals surface area contributed by atoms with Gasteiger partial charge in [0.2, 0.25) is 5.88 Å². The van der Waals surface area contributed by atoms with Crippen molar-refractivity contribution in [3.63, 3.8) is 0 Å². The van der Waals surface area contributed by atoms with Crippen LogP contribution in [-0.2, 0) is 6.42 Å². The van der Waals surface area contributed by atoms with Crippen molar-refractivity contribution < 1.29 is 9.84 Å². The average molecular weight is 251 g/mol. The predicted octanol–water partition coefficient (Wildman–Crippen LogP) is 1.53. The van der Waals surface area contributed by atoms with E-state index in [9.17, 15) is 5.11 Å². The summed E-state index contributed by atoms with van der Waals surface area (Å²) < 4.78 is 5.00. The topological polar surface area (TPSA) is 68.1 Å². The molecule has 1 N–H and O–H groups in total. The summed E-state index contributed by atoms with van der Waals surface area (Å²) in [6, 6.07) is 1.72. The first-order valence-electron chi connectivity index (χ1n) is 5.14. The van der Waals surface area contributed by atoms with Crippen molar-refractivity contribution in [2.75, 3.05) is 7.11 Å². The van der Waals surface area contributed by atoms with E-state index in [2.05, 4.69) is 15.0 Å². The van der Waals surface area contributed by atoms with Crippen LogP contribution >= 0.6 is 11.3 Å². The lowest BCUT2D eigenvalue weighted by Gasteiger charge is -2.07. The summed E-state index contributed by atoms with van der Waals surface area (Å²) in [4.78, 5) is 13.0. The van der Waals surface area contributed by atoms with Crippen LogP contribution < -0.4 is 4.74 Å². The van der Waals surface area contributed by atoms with Gasteiger partial charge in [-0.25, -0.2) is 15.0 Å². The molecule has 2 rings (SSSR count). The number of hydrogen-bond acceptors (Lipinski definition) is 6. The van der Waals surface area contributed by atoms with E-state index < -0.39 is 6.10 Å². The van der Waals surface area contributed by atoms with Gasteiger partial charge in [0.15, 0.2) is 0 Å². The number of hydrogen-bond donors (Lipinski definition) is 1. The molecule has 1 unspecified atom stereocenters. The van der Waals surface area contributed by atoms with E-state index in [4.69, 9.17) is 4.74 Å². The highest BCUT2D eigenvalue weighted by Crippen LogP contribution is 2.23. The third-order valence-corrected chi connectivity index (χ3v) is 3.29. The summed E-state index contributed by atoms with van der Waals surface area (Å²) in [7, 11) is 1.55. The van der Waals surface area contributed by atoms with Gasteiger partial charge < -0.3 is 9.84 Å². The maximum absolute atomic E-state index is 10.0. The lowest BCUT2D eigenvalue weighted by molar-refractivity contribution is 0.180. The fourth-order valence-corrected chi connectivity index (χ4v) is 2.20. The van der Waals surface area contributed by atoms with Gasteiger partial charge in [-0.15, -0.1) is 11.3 Å². The highest BCUT2D eigenvalue weighted by molar-refractivity contribution is 7.11. The van der Waals surface area contributed by atoms with Crippen LogP contribution in [0.2, 0.25) is 0 Å². The molecule has 0 aromatic carbocycles. The first kappa shape index (κ1) is 11.9. The van der Waals surface area contributed by atoms with Crippen molar-refractivity contribution in [1.82, 2.24) is 15.0 Å². The zero-order chi connectivity index (χ0) is 12.3. The number of aryl methyl sites for hydroxylation is 1. The summed E-state index contributed by atoms with van der Waals surface area (Å²) in [5.41, 5.74) is 0.746. The smallest absolute Gasteiger partial charge is 0.216 e. The van der Waals surface area contributed by atoms with E-state index >= 15 is 0 Å². The molecule has 17 heavy (non-hydrogen) atoms. The molecular weight excluding hydrogens is 238 g/mol. The van der Waals surface area contributed by atoms with Gasteiger partial charge in [0.25, 0.3) is 0 Å². The maximum atomic E-state index is 10.0. The molecule has 0 saturated carbocycles. The van der Waals surface area contributed by atoms with E-state index in [0.717, 1.165) is 15.6 Å². The van der Waals surface area contributed by atoms with Gasteiger partial charge in [0.05, 0.1) is 28.8 Å². The van der Waals surface area contributed by atoms with Crippen molar-refractivity contribution >= 4 is 11.3 Å². The molecule has 0 aliphatic rings. The Morgan fingerprint density at radius 1 is 1.41 bits per heavy atom. The second-order valence-electron chi connectivity index (χ2n) is 3.55. The van der Waals surface area contributed by atoms with Crippen molar-refractivity contribution in [3.05, 3.63) is 34.2 Å². The molecule has 0 aliphatic carbocycles. The molecule has 6 heteroatoms. The number of aromatic nitrogens is 3. The summed E-state index contributed by atoms with van der Waals surface area (Å²) in [5.74, 6) is 0.502. The number of aliphatic hydroxyl groups is 1. The minimum absolute atomic E-state index is 0.431. The molecule has 0 aliphatic heterocycles. The zero-order valence-electron chi connectivity index (χ0n) is 9.62. The Morgan fingerprint density at radius 3 is 2.88 bits per heavy atom. The van der Waals surface area contributed by atoms with E-state index in [1.807, 2.05) is 6.92 Å². The highest BCUT2D eigenvalue weighted by Gasteiger charge is 2.12. The normalized spacial score (nSPS) is 12.4. The number of ether oxygens (including phenoxy) is 1. The van der Waals surface area contributed by atoms with E-state index in [1.54, 1.807) is 19.4 Å². The second kappa shape index (κ2) is 5.20. The summed E-state index contributed by atoms with van der Waals surface area (Å²) in [6.45, 7) is 1.91. The fraction of sp³-hybridized carbons (Fsp3) is 0.364. The van der Waals surface area contributed by atoms with Gasteiger partial charge in [0.1, 0.15) is 6.33 Å². The second-order valence-corrected chi connectivity index (χ2v) is 4.82. The van der Waals surface area contributed by atoms with Gasteiger partial charge in [-0.1, -0.05) is 0 Å². The number of thiazole rings is 1. The van der Waals surface area contributed by atoms with Crippen LogP contribution in [0, 0.1) is 6.92 Å². The standard InChI is InChI=1S/C11H13N3O2S/c1-7-12-5-10(17-7)9(15)3-8-4-11(16-2)14-6-13-8/h4-6,9,15H,3H2,1-2H3. The number of nitrogens with zero attached hydrogens (tertiary/aromatic N) is 3. The van der Waals surface area contributed by atoms with Crippen molar-refractivity contribution in [1.29, 1.82) is 0 Å². The molecule has 0 amide bonds. The predicted molar refractivity (Wildman–Crippen MR) is 64.1 cm³/mol. The molecule has 0 bridgehead atoms. The quantitative estimate of drug-likeness (QED) is 0.892. The third kappa shape index (κ3) is 2.98. The maximum Gasteiger partial charge on any atom is 0.216 e. The van der Waals surface area contributed by atoms with Gasteiger partial charge >= 0.3 is 0 Å². The van der Waals surface area contributed by atoms with Gasteiger partial charge in [-0.05, 0) is 6.92 Å². The molecule has 2 aromatic rings.